The molecule has 3 aromatic rings. The number of rotatable bonds is 4. The number of nitrogens with two attached hydrogens (primary N) is 1. The smallest absolute Gasteiger partial charge is 0.206 e. The van der Waals surface area contributed by atoms with E-state index in [4.69, 9.17) is 17.3 Å². The normalized spacial score (nSPS) is 23.8. The van der Waals surface area contributed by atoms with Crippen LogP contribution in [0.1, 0.15) is 12.0 Å². The summed E-state index contributed by atoms with van der Waals surface area (Å²) >= 11 is 0. The molecule has 1 saturated carbocycles. The van der Waals surface area contributed by atoms with Crippen molar-refractivity contribution < 1.29 is 0 Å². The summed E-state index contributed by atoms with van der Waals surface area (Å²) in [7, 11) is 0. The average Bonchev–Trinajstić information content (AvgIpc) is 3.07. The average molecular weight is 343 g/mol. The number of imidazole rings is 1. The van der Waals surface area contributed by atoms with Crippen molar-refractivity contribution in [3.05, 3.63) is 65.5 Å². The predicted molar refractivity (Wildman–Crippen MR) is 103 cm³/mol. The predicted octanol–water partition coefficient (Wildman–Crippen LogP) is 3.42. The van der Waals surface area contributed by atoms with E-state index >= 15 is 0 Å². The summed E-state index contributed by atoms with van der Waals surface area (Å²) in [6.45, 7) is 10.7. The molecule has 130 valence electrons. The van der Waals surface area contributed by atoms with Gasteiger partial charge in [-0.1, -0.05) is 36.4 Å². The zero-order chi connectivity index (χ0) is 17.7. The number of hydrogen-bond donors (Lipinski definition) is 1. The quantitative estimate of drug-likeness (QED) is 0.739. The number of anilines is 1. The molecule has 2 fully saturated rings. The van der Waals surface area contributed by atoms with Crippen LogP contribution in [-0.2, 0) is 6.54 Å². The van der Waals surface area contributed by atoms with Gasteiger partial charge in [0.2, 0.25) is 5.95 Å². The fourth-order valence-corrected chi connectivity index (χ4v) is 4.38. The molecule has 0 spiro atoms. The van der Waals surface area contributed by atoms with Crippen LogP contribution in [0.25, 0.3) is 15.9 Å². The van der Waals surface area contributed by atoms with Crippen molar-refractivity contribution in [2.24, 2.45) is 17.1 Å². The monoisotopic (exact) mass is 343 g/mol. The van der Waals surface area contributed by atoms with Gasteiger partial charge in [0.15, 0.2) is 5.69 Å². The second kappa shape index (κ2) is 5.58. The van der Waals surface area contributed by atoms with Crippen LogP contribution in [0, 0.1) is 17.9 Å². The molecule has 1 aliphatic carbocycles. The van der Waals surface area contributed by atoms with E-state index in [1.54, 1.807) is 0 Å². The maximum absolute atomic E-state index is 7.12. The van der Waals surface area contributed by atoms with Gasteiger partial charge >= 0.3 is 0 Å². The van der Waals surface area contributed by atoms with Gasteiger partial charge in [-0.15, -0.1) is 0 Å². The van der Waals surface area contributed by atoms with Gasteiger partial charge in [0.25, 0.3) is 0 Å². The highest BCUT2D eigenvalue weighted by molar-refractivity contribution is 5.79. The Morgan fingerprint density at radius 2 is 2.00 bits per heavy atom. The van der Waals surface area contributed by atoms with Crippen LogP contribution >= 0.6 is 0 Å². The van der Waals surface area contributed by atoms with Gasteiger partial charge in [-0.2, -0.15) is 0 Å². The molecule has 1 aliphatic heterocycles. The number of benzene rings is 2. The first-order valence-electron chi connectivity index (χ1n) is 9.09. The third-order valence-electron chi connectivity index (χ3n) is 6.04. The van der Waals surface area contributed by atoms with E-state index in [9.17, 15) is 0 Å². The summed E-state index contributed by atoms with van der Waals surface area (Å²) in [5.74, 6) is 1.76. The van der Waals surface area contributed by atoms with Crippen molar-refractivity contribution in [2.45, 2.75) is 13.0 Å². The van der Waals surface area contributed by atoms with Gasteiger partial charge in [0, 0.05) is 18.5 Å². The van der Waals surface area contributed by atoms with Crippen LogP contribution < -0.4 is 10.6 Å². The molecule has 0 radical (unpaired) electrons. The second-order valence-electron chi connectivity index (χ2n) is 7.61. The summed E-state index contributed by atoms with van der Waals surface area (Å²) < 4.78 is 2.30. The Kier molecular flexibility index (Phi) is 3.31. The topological polar surface area (TPSA) is 51.4 Å². The number of piperidine rings is 1. The van der Waals surface area contributed by atoms with E-state index in [1.165, 1.54) is 12.0 Å². The summed E-state index contributed by atoms with van der Waals surface area (Å²) in [5.41, 5.74) is 10.4. The molecule has 0 bridgehead atoms. The van der Waals surface area contributed by atoms with Crippen LogP contribution in [-0.4, -0.2) is 29.2 Å². The van der Waals surface area contributed by atoms with Gasteiger partial charge in [-0.3, -0.25) is 0 Å². The largest absolute Gasteiger partial charge is 0.341 e. The van der Waals surface area contributed by atoms with Gasteiger partial charge in [-0.25, -0.2) is 9.83 Å². The molecule has 5 rings (SSSR count). The zero-order valence-corrected chi connectivity index (χ0v) is 14.6. The second-order valence-corrected chi connectivity index (χ2v) is 7.61. The summed E-state index contributed by atoms with van der Waals surface area (Å²) in [6.07, 6.45) is 1.26. The lowest BCUT2D eigenvalue weighted by molar-refractivity contribution is 0.540. The van der Waals surface area contributed by atoms with Gasteiger partial charge in [0.05, 0.1) is 24.2 Å². The standard InChI is InChI=1S/C21H21N5/c1-23-17-8-6-15(7-9-17)11-26-19-5-3-2-4-18(19)24-20(26)25-12-16-10-21(16,13-22)14-25/h2-9,16H,10-14,22H2/t16-,21-/m0/s1. The molecular formula is C21H21N5. The zero-order valence-electron chi connectivity index (χ0n) is 14.6. The first-order valence-corrected chi connectivity index (χ1v) is 9.09. The minimum atomic E-state index is 0.320. The van der Waals surface area contributed by atoms with E-state index in [-0.39, 0.29) is 0 Å². The lowest BCUT2D eigenvalue weighted by Crippen LogP contribution is -2.30. The first kappa shape index (κ1) is 15.4. The van der Waals surface area contributed by atoms with E-state index in [2.05, 4.69) is 32.5 Å². The van der Waals surface area contributed by atoms with E-state index < -0.39 is 0 Å². The van der Waals surface area contributed by atoms with Crippen LogP contribution in [0.4, 0.5) is 11.6 Å². The number of para-hydroxylation sites is 2. The highest BCUT2D eigenvalue weighted by atomic mass is 15.3. The molecular weight excluding hydrogens is 322 g/mol. The number of fused-ring (bicyclic) bond motifs is 2. The van der Waals surface area contributed by atoms with Crippen molar-refractivity contribution in [1.82, 2.24) is 9.55 Å². The van der Waals surface area contributed by atoms with Crippen molar-refractivity contribution >= 4 is 22.7 Å². The van der Waals surface area contributed by atoms with E-state index in [1.807, 2.05) is 30.3 Å². The Morgan fingerprint density at radius 3 is 2.73 bits per heavy atom. The van der Waals surface area contributed by atoms with Crippen LogP contribution in [0.3, 0.4) is 0 Å². The Labute approximate surface area is 152 Å². The molecule has 1 aromatic heterocycles. The summed E-state index contributed by atoms with van der Waals surface area (Å²) in [6, 6.07) is 16.2. The van der Waals surface area contributed by atoms with Gasteiger partial charge < -0.3 is 15.2 Å². The SMILES string of the molecule is [C-]#[N+]c1ccc(Cn2c(N3C[C@@H]4C[C@]4(CN)C3)nc3ccccc32)cc1. The minimum Gasteiger partial charge on any atom is -0.341 e. The van der Waals surface area contributed by atoms with Crippen molar-refractivity contribution in [3.8, 4) is 0 Å². The number of hydrogen-bond acceptors (Lipinski definition) is 3. The molecule has 2 heterocycles. The maximum atomic E-state index is 7.12. The molecule has 0 amide bonds. The molecule has 5 nitrogen and oxygen atoms in total. The Morgan fingerprint density at radius 1 is 1.19 bits per heavy atom. The fraction of sp³-hybridized carbons (Fsp3) is 0.333. The molecule has 2 aromatic carbocycles. The highest BCUT2D eigenvalue weighted by Gasteiger charge is 2.59. The Balaban J connectivity index is 1.54. The lowest BCUT2D eigenvalue weighted by Gasteiger charge is -2.23. The van der Waals surface area contributed by atoms with Crippen molar-refractivity contribution in [2.75, 3.05) is 24.5 Å². The lowest BCUT2D eigenvalue weighted by atomic mass is 10.1. The van der Waals surface area contributed by atoms with Crippen LogP contribution in [0.5, 0.6) is 0 Å². The summed E-state index contributed by atoms with van der Waals surface area (Å²) in [5, 5.41) is 0. The molecule has 26 heavy (non-hydrogen) atoms. The van der Waals surface area contributed by atoms with E-state index in [0.717, 1.165) is 49.1 Å². The van der Waals surface area contributed by atoms with Crippen LogP contribution in [0.15, 0.2) is 48.5 Å². The fourth-order valence-electron chi connectivity index (χ4n) is 4.38. The first-order chi connectivity index (χ1) is 12.7. The molecule has 2 N–H and O–H groups in total. The Bertz CT molecular complexity index is 1010. The molecule has 0 unspecified atom stereocenters. The Hall–Kier alpha value is -2.84. The highest BCUT2D eigenvalue weighted by Crippen LogP contribution is 2.57. The minimum absolute atomic E-state index is 0.320. The number of aromatic nitrogens is 2. The molecule has 5 heteroatoms. The maximum Gasteiger partial charge on any atom is 0.206 e. The summed E-state index contributed by atoms with van der Waals surface area (Å²) in [4.78, 5) is 10.8. The molecule has 2 atom stereocenters. The van der Waals surface area contributed by atoms with Crippen molar-refractivity contribution in [1.29, 1.82) is 0 Å². The third kappa shape index (κ3) is 2.30. The molecule has 2 aliphatic rings. The van der Waals surface area contributed by atoms with E-state index in [0.29, 0.717) is 11.1 Å². The van der Waals surface area contributed by atoms with Crippen LogP contribution in [0.2, 0.25) is 0 Å². The third-order valence-corrected chi connectivity index (χ3v) is 6.04. The number of nitrogens with zero attached hydrogens (tertiary/aromatic N) is 4. The van der Waals surface area contributed by atoms with Gasteiger partial charge in [-0.05, 0) is 36.6 Å². The molecule has 1 saturated heterocycles. The van der Waals surface area contributed by atoms with Gasteiger partial charge in [0.1, 0.15) is 0 Å². The van der Waals surface area contributed by atoms with Crippen molar-refractivity contribution in [3.63, 3.8) is 0 Å².